The van der Waals surface area contributed by atoms with Gasteiger partial charge in [0.15, 0.2) is 0 Å². The molecule has 0 radical (unpaired) electrons. The van der Waals surface area contributed by atoms with Crippen molar-refractivity contribution < 1.29 is 28.9 Å². The predicted molar refractivity (Wildman–Crippen MR) is 83.9 cm³/mol. The molecule has 6 nitrogen and oxygen atoms in total. The summed E-state index contributed by atoms with van der Waals surface area (Å²) in [5.41, 5.74) is -1.81. The third-order valence-corrected chi connectivity index (χ3v) is 4.98. The van der Waals surface area contributed by atoms with Crippen molar-refractivity contribution in [3.63, 3.8) is 0 Å². The first-order valence-corrected chi connectivity index (χ1v) is 9.14. The lowest BCUT2D eigenvalue weighted by molar-refractivity contribution is -0.179. The summed E-state index contributed by atoms with van der Waals surface area (Å²) in [5.74, 6) is -1.36. The van der Waals surface area contributed by atoms with E-state index in [4.69, 9.17) is 14.2 Å². The number of hydrogen-bond donors (Lipinski definition) is 1. The zero-order valence-electron chi connectivity index (χ0n) is 12.9. The van der Waals surface area contributed by atoms with Crippen molar-refractivity contribution in [2.75, 3.05) is 32.4 Å². The summed E-state index contributed by atoms with van der Waals surface area (Å²) < 4.78 is 15.1. The zero-order chi connectivity index (χ0) is 16.3. The third-order valence-electron chi connectivity index (χ3n) is 2.34. The van der Waals surface area contributed by atoms with E-state index in [0.717, 1.165) is 0 Å². The Morgan fingerprint density at radius 3 is 2.05 bits per heavy atom. The Kier molecular flexibility index (Phi) is 10.9. The molecule has 0 aromatic carbocycles. The molecule has 124 valence electrons. The quantitative estimate of drug-likeness (QED) is 0.201. The zero-order valence-corrected chi connectivity index (χ0v) is 14.6. The van der Waals surface area contributed by atoms with E-state index in [1.807, 2.05) is 13.8 Å². The average Bonchev–Trinajstić information content (AvgIpc) is 2.43. The minimum absolute atomic E-state index is 0.109. The second kappa shape index (κ2) is 11.2. The van der Waals surface area contributed by atoms with Gasteiger partial charge in [0.1, 0.15) is 5.94 Å². The highest BCUT2D eigenvalue weighted by atomic mass is 33.1. The van der Waals surface area contributed by atoms with Gasteiger partial charge in [0.05, 0.1) is 26.4 Å². The summed E-state index contributed by atoms with van der Waals surface area (Å²) in [6.45, 7) is 6.58. The van der Waals surface area contributed by atoms with E-state index in [9.17, 15) is 14.7 Å². The fraction of sp³-hybridized carbons (Fsp3) is 0.846. The lowest BCUT2D eigenvalue weighted by atomic mass is 9.90. The number of carbonyl (C=O) groups is 2. The molecule has 0 saturated heterocycles. The Morgan fingerprint density at radius 1 is 1.14 bits per heavy atom. The number of hydrogen-bond acceptors (Lipinski definition) is 8. The van der Waals surface area contributed by atoms with Crippen LogP contribution in [0.25, 0.3) is 0 Å². The van der Waals surface area contributed by atoms with Crippen LogP contribution in [-0.2, 0) is 23.8 Å². The van der Waals surface area contributed by atoms with Crippen LogP contribution in [0.15, 0.2) is 0 Å². The first kappa shape index (κ1) is 20.6. The van der Waals surface area contributed by atoms with Gasteiger partial charge in [-0.05, 0) is 13.8 Å². The molecule has 0 aromatic rings. The molecule has 0 spiro atoms. The van der Waals surface area contributed by atoms with E-state index in [-0.39, 0.29) is 19.8 Å². The molecule has 21 heavy (non-hydrogen) atoms. The second-order valence-corrected chi connectivity index (χ2v) is 7.30. The molecule has 0 rings (SSSR count). The Balaban J connectivity index is 4.70. The Morgan fingerprint density at radius 2 is 1.67 bits per heavy atom. The molecule has 0 bridgehead atoms. The second-order valence-electron chi connectivity index (χ2n) is 4.41. The first-order chi connectivity index (χ1) is 9.94. The Labute approximate surface area is 133 Å². The molecule has 0 amide bonds. The number of aliphatic hydroxyl groups is 1. The van der Waals surface area contributed by atoms with Gasteiger partial charge < -0.3 is 19.3 Å². The van der Waals surface area contributed by atoms with Crippen LogP contribution in [-0.4, -0.2) is 54.7 Å². The van der Waals surface area contributed by atoms with Crippen molar-refractivity contribution >= 4 is 33.5 Å². The Bertz CT molecular complexity index is 304. The minimum atomic E-state index is -1.81. The van der Waals surface area contributed by atoms with Crippen LogP contribution in [0.4, 0.5) is 0 Å². The van der Waals surface area contributed by atoms with Crippen molar-refractivity contribution in [3.8, 4) is 0 Å². The molecular formula is C13H24O6S2. The number of carbonyl (C=O) groups excluding carboxylic acids is 2. The molecule has 0 aromatic heterocycles. The maximum atomic E-state index is 12.0. The molecule has 0 saturated carbocycles. The van der Waals surface area contributed by atoms with Crippen LogP contribution in [0.1, 0.15) is 27.7 Å². The van der Waals surface area contributed by atoms with Crippen LogP contribution >= 0.6 is 21.6 Å². The van der Waals surface area contributed by atoms with Gasteiger partial charge in [0.2, 0.25) is 5.41 Å². The van der Waals surface area contributed by atoms with Crippen molar-refractivity contribution in [1.29, 1.82) is 0 Å². The van der Waals surface area contributed by atoms with Gasteiger partial charge in [0.25, 0.3) is 0 Å². The van der Waals surface area contributed by atoms with E-state index in [2.05, 4.69) is 0 Å². The monoisotopic (exact) mass is 340 g/mol. The summed E-state index contributed by atoms with van der Waals surface area (Å²) in [6.07, 6.45) is 0. The third kappa shape index (κ3) is 6.90. The predicted octanol–water partition coefficient (Wildman–Crippen LogP) is 1.86. The lowest BCUT2D eigenvalue weighted by Crippen LogP contribution is -2.48. The largest absolute Gasteiger partial charge is 0.465 e. The summed E-state index contributed by atoms with van der Waals surface area (Å²) >= 11 is 0. The summed E-state index contributed by atoms with van der Waals surface area (Å²) in [6, 6.07) is 0. The fourth-order valence-electron chi connectivity index (χ4n) is 1.33. The highest BCUT2D eigenvalue weighted by Crippen LogP contribution is 2.28. The topological polar surface area (TPSA) is 82.1 Å². The summed E-state index contributed by atoms with van der Waals surface area (Å²) in [4.78, 5) is 24.0. The smallest absolute Gasteiger partial charge is 0.328 e. The van der Waals surface area contributed by atoms with Crippen molar-refractivity contribution in [1.82, 2.24) is 0 Å². The summed E-state index contributed by atoms with van der Waals surface area (Å²) in [5, 5.41) is 9.96. The fourth-order valence-corrected chi connectivity index (χ4v) is 2.99. The minimum Gasteiger partial charge on any atom is -0.465 e. The highest BCUT2D eigenvalue weighted by molar-refractivity contribution is 8.76. The molecule has 1 N–H and O–H groups in total. The standard InChI is InChI=1S/C13H24O6S2/c1-5-18-11(15)13(7-14,12(16)19-6-2)8-17-9-20-21-10(3)4/h10,14H,5-9H2,1-4H3. The number of aliphatic hydroxyl groups excluding tert-OH is 1. The van der Waals surface area contributed by atoms with Crippen molar-refractivity contribution in [3.05, 3.63) is 0 Å². The molecule has 0 atom stereocenters. The number of esters is 2. The normalized spacial score (nSPS) is 11.5. The van der Waals surface area contributed by atoms with Crippen LogP contribution in [0.3, 0.4) is 0 Å². The molecule has 0 aliphatic carbocycles. The van der Waals surface area contributed by atoms with Crippen molar-refractivity contribution in [2.45, 2.75) is 32.9 Å². The average molecular weight is 340 g/mol. The SMILES string of the molecule is CCOC(=O)C(CO)(COCSSC(C)C)C(=O)OCC. The molecule has 0 aliphatic rings. The van der Waals surface area contributed by atoms with E-state index in [0.29, 0.717) is 11.2 Å². The van der Waals surface area contributed by atoms with E-state index in [1.165, 1.54) is 10.8 Å². The number of ether oxygens (including phenoxy) is 3. The van der Waals surface area contributed by atoms with E-state index < -0.39 is 24.0 Å². The molecule has 0 aliphatic heterocycles. The van der Waals surface area contributed by atoms with Crippen LogP contribution in [0, 0.1) is 5.41 Å². The van der Waals surface area contributed by atoms with Gasteiger partial charge >= 0.3 is 11.9 Å². The molecule has 0 fully saturated rings. The van der Waals surface area contributed by atoms with Crippen molar-refractivity contribution in [2.24, 2.45) is 5.41 Å². The highest BCUT2D eigenvalue weighted by Gasteiger charge is 2.49. The maximum absolute atomic E-state index is 12.0. The van der Waals surface area contributed by atoms with Gasteiger partial charge in [-0.2, -0.15) is 0 Å². The van der Waals surface area contributed by atoms with Gasteiger partial charge in [0, 0.05) is 5.25 Å². The van der Waals surface area contributed by atoms with Gasteiger partial charge in [-0.25, -0.2) is 0 Å². The van der Waals surface area contributed by atoms with E-state index in [1.54, 1.807) is 24.6 Å². The molecule has 8 heteroatoms. The lowest BCUT2D eigenvalue weighted by Gasteiger charge is -2.26. The molecular weight excluding hydrogens is 316 g/mol. The summed E-state index contributed by atoms with van der Waals surface area (Å²) in [7, 11) is 3.09. The van der Waals surface area contributed by atoms with E-state index >= 15 is 0 Å². The Hall–Kier alpha value is -0.440. The molecule has 0 unspecified atom stereocenters. The number of rotatable bonds is 11. The van der Waals surface area contributed by atoms with Gasteiger partial charge in [-0.3, -0.25) is 9.59 Å². The first-order valence-electron chi connectivity index (χ1n) is 6.75. The van der Waals surface area contributed by atoms with Gasteiger partial charge in [-0.1, -0.05) is 35.4 Å². The maximum Gasteiger partial charge on any atom is 0.328 e. The van der Waals surface area contributed by atoms with Gasteiger partial charge in [-0.15, -0.1) is 0 Å². The van der Waals surface area contributed by atoms with Crippen LogP contribution in [0.5, 0.6) is 0 Å². The van der Waals surface area contributed by atoms with Crippen LogP contribution < -0.4 is 0 Å². The molecule has 0 heterocycles. The van der Waals surface area contributed by atoms with Crippen LogP contribution in [0.2, 0.25) is 0 Å².